The van der Waals surface area contributed by atoms with Crippen LogP contribution in [0.15, 0.2) is 18.2 Å². The minimum atomic E-state index is -0.668. The third-order valence-corrected chi connectivity index (χ3v) is 3.95. The molecule has 0 fully saturated rings. The van der Waals surface area contributed by atoms with Crippen LogP contribution in [-0.2, 0) is 17.6 Å². The highest BCUT2D eigenvalue weighted by atomic mass is 16.4. The monoisotopic (exact) mass is 232 g/mol. The molecule has 0 heterocycles. The smallest absolute Gasteiger partial charge is 0.309 e. The quantitative estimate of drug-likeness (QED) is 0.848. The van der Waals surface area contributed by atoms with E-state index in [-0.39, 0.29) is 0 Å². The zero-order valence-electron chi connectivity index (χ0n) is 10.8. The van der Waals surface area contributed by atoms with Crippen molar-refractivity contribution >= 4 is 5.97 Å². The number of hydrogen-bond donors (Lipinski definition) is 1. The first-order chi connectivity index (χ1) is 7.94. The molecule has 17 heavy (non-hydrogen) atoms. The number of benzene rings is 1. The fraction of sp³-hybridized carbons (Fsp3) is 0.533. The van der Waals surface area contributed by atoms with E-state index in [1.54, 1.807) is 0 Å². The molecule has 92 valence electrons. The molecule has 1 aliphatic rings. The Labute approximate surface area is 103 Å². The van der Waals surface area contributed by atoms with Crippen LogP contribution in [0.1, 0.15) is 49.8 Å². The lowest BCUT2D eigenvalue weighted by molar-refractivity contribution is -0.148. The zero-order chi connectivity index (χ0) is 12.6. The van der Waals surface area contributed by atoms with Crippen molar-refractivity contribution in [3.63, 3.8) is 0 Å². The minimum absolute atomic E-state index is 0.513. The average molecular weight is 232 g/mol. The number of carboxylic acid groups (broad SMARTS) is 1. The maximum atomic E-state index is 11.3. The number of rotatable bonds is 2. The fourth-order valence-electron chi connectivity index (χ4n) is 2.76. The summed E-state index contributed by atoms with van der Waals surface area (Å²) in [4.78, 5) is 11.3. The van der Waals surface area contributed by atoms with Gasteiger partial charge in [0, 0.05) is 0 Å². The van der Waals surface area contributed by atoms with E-state index < -0.39 is 11.4 Å². The molecule has 1 aromatic carbocycles. The lowest BCUT2D eigenvalue weighted by Gasteiger charge is -2.32. The lowest BCUT2D eigenvalue weighted by atomic mass is 9.71. The second-order valence-corrected chi connectivity index (χ2v) is 5.68. The summed E-state index contributed by atoms with van der Waals surface area (Å²) in [6.07, 6.45) is 2.31. The molecule has 1 N–H and O–H groups in total. The molecule has 0 spiro atoms. The highest BCUT2D eigenvalue weighted by Crippen LogP contribution is 2.38. The van der Waals surface area contributed by atoms with Crippen molar-refractivity contribution in [3.05, 3.63) is 34.9 Å². The lowest BCUT2D eigenvalue weighted by Crippen LogP contribution is -2.34. The Balaban J connectivity index is 2.41. The number of carboxylic acids is 1. The zero-order valence-corrected chi connectivity index (χ0v) is 10.8. The van der Waals surface area contributed by atoms with Crippen molar-refractivity contribution in [2.24, 2.45) is 5.41 Å². The number of hydrogen-bond acceptors (Lipinski definition) is 1. The van der Waals surface area contributed by atoms with Gasteiger partial charge in [-0.15, -0.1) is 0 Å². The Morgan fingerprint density at radius 1 is 1.41 bits per heavy atom. The highest BCUT2D eigenvalue weighted by Gasteiger charge is 2.37. The summed E-state index contributed by atoms with van der Waals surface area (Å²) in [6.45, 7) is 6.25. The summed E-state index contributed by atoms with van der Waals surface area (Å²) in [7, 11) is 0. The van der Waals surface area contributed by atoms with Crippen LogP contribution in [-0.4, -0.2) is 11.1 Å². The average Bonchev–Trinajstić information content (AvgIpc) is 2.27. The number of fused-ring (bicyclic) bond motifs is 1. The van der Waals surface area contributed by atoms with Gasteiger partial charge in [0.25, 0.3) is 0 Å². The Morgan fingerprint density at radius 3 is 2.71 bits per heavy atom. The third-order valence-electron chi connectivity index (χ3n) is 3.95. The molecule has 2 heteroatoms. The maximum absolute atomic E-state index is 11.3. The van der Waals surface area contributed by atoms with E-state index in [1.807, 2.05) is 6.92 Å². The van der Waals surface area contributed by atoms with Crippen LogP contribution in [0.2, 0.25) is 0 Å². The Bertz CT molecular complexity index is 448. The molecule has 1 aromatic rings. The van der Waals surface area contributed by atoms with Gasteiger partial charge in [0.1, 0.15) is 0 Å². The summed E-state index contributed by atoms with van der Waals surface area (Å²) in [5, 5.41) is 9.30. The predicted octanol–water partition coefficient (Wildman–Crippen LogP) is 3.39. The number of carbonyl (C=O) groups is 1. The molecule has 0 amide bonds. The van der Waals surface area contributed by atoms with Crippen LogP contribution in [0, 0.1) is 5.41 Å². The Kier molecular flexibility index (Phi) is 2.98. The van der Waals surface area contributed by atoms with E-state index in [0.717, 1.165) is 12.8 Å². The molecule has 0 saturated heterocycles. The van der Waals surface area contributed by atoms with E-state index in [1.165, 1.54) is 16.7 Å². The minimum Gasteiger partial charge on any atom is -0.481 e. The summed E-state index contributed by atoms with van der Waals surface area (Å²) in [6, 6.07) is 6.32. The van der Waals surface area contributed by atoms with Crippen LogP contribution in [0.25, 0.3) is 0 Å². The van der Waals surface area contributed by atoms with Crippen LogP contribution in [0.4, 0.5) is 0 Å². The van der Waals surface area contributed by atoms with Crippen LogP contribution < -0.4 is 0 Å². The van der Waals surface area contributed by atoms with Gasteiger partial charge < -0.3 is 5.11 Å². The Morgan fingerprint density at radius 2 is 2.12 bits per heavy atom. The van der Waals surface area contributed by atoms with Gasteiger partial charge in [0.15, 0.2) is 0 Å². The molecule has 1 aliphatic carbocycles. The Hall–Kier alpha value is -1.31. The van der Waals surface area contributed by atoms with Gasteiger partial charge in [-0.05, 0) is 48.8 Å². The van der Waals surface area contributed by atoms with Crippen LogP contribution >= 0.6 is 0 Å². The first-order valence-corrected chi connectivity index (χ1v) is 6.28. The molecule has 0 radical (unpaired) electrons. The van der Waals surface area contributed by atoms with Gasteiger partial charge >= 0.3 is 5.97 Å². The van der Waals surface area contributed by atoms with Gasteiger partial charge in [-0.3, -0.25) is 4.79 Å². The molecule has 2 rings (SSSR count). The van der Waals surface area contributed by atoms with Gasteiger partial charge in [-0.2, -0.15) is 0 Å². The molecule has 0 aliphatic heterocycles. The topological polar surface area (TPSA) is 37.3 Å². The van der Waals surface area contributed by atoms with E-state index in [4.69, 9.17) is 0 Å². The van der Waals surface area contributed by atoms with E-state index >= 15 is 0 Å². The molecule has 0 saturated carbocycles. The largest absolute Gasteiger partial charge is 0.481 e. The standard InChI is InChI=1S/C15H20O2/c1-10(2)12-6-4-5-11-9-15(3,14(16)17)8-7-13(11)12/h4-6,10H,7-9H2,1-3H3,(H,16,17). The molecule has 0 bridgehead atoms. The van der Waals surface area contributed by atoms with Gasteiger partial charge in [-0.25, -0.2) is 0 Å². The van der Waals surface area contributed by atoms with Gasteiger partial charge in [0.05, 0.1) is 5.41 Å². The second kappa shape index (κ2) is 4.17. The first kappa shape index (κ1) is 12.2. The van der Waals surface area contributed by atoms with E-state index in [9.17, 15) is 9.90 Å². The summed E-state index contributed by atoms with van der Waals surface area (Å²) < 4.78 is 0. The molecular formula is C15H20O2. The summed E-state index contributed by atoms with van der Waals surface area (Å²) in [5.41, 5.74) is 3.42. The third kappa shape index (κ3) is 2.08. The molecular weight excluding hydrogens is 212 g/mol. The first-order valence-electron chi connectivity index (χ1n) is 6.28. The normalized spacial score (nSPS) is 23.5. The van der Waals surface area contributed by atoms with Crippen molar-refractivity contribution in [3.8, 4) is 0 Å². The van der Waals surface area contributed by atoms with Crippen LogP contribution in [0.5, 0.6) is 0 Å². The van der Waals surface area contributed by atoms with Crippen LogP contribution in [0.3, 0.4) is 0 Å². The van der Waals surface area contributed by atoms with Crippen molar-refractivity contribution in [2.75, 3.05) is 0 Å². The summed E-state index contributed by atoms with van der Waals surface area (Å²) >= 11 is 0. The molecule has 2 nitrogen and oxygen atoms in total. The van der Waals surface area contributed by atoms with Crippen molar-refractivity contribution in [1.29, 1.82) is 0 Å². The van der Waals surface area contributed by atoms with E-state index in [2.05, 4.69) is 32.0 Å². The van der Waals surface area contributed by atoms with Gasteiger partial charge in [-0.1, -0.05) is 32.0 Å². The molecule has 1 unspecified atom stereocenters. The summed E-state index contributed by atoms with van der Waals surface area (Å²) in [5.74, 6) is -0.155. The van der Waals surface area contributed by atoms with E-state index in [0.29, 0.717) is 12.3 Å². The van der Waals surface area contributed by atoms with Crippen molar-refractivity contribution < 1.29 is 9.90 Å². The predicted molar refractivity (Wildman–Crippen MR) is 68.3 cm³/mol. The fourth-order valence-corrected chi connectivity index (χ4v) is 2.76. The second-order valence-electron chi connectivity index (χ2n) is 5.68. The number of aliphatic carboxylic acids is 1. The maximum Gasteiger partial charge on any atom is 0.309 e. The molecule has 0 aromatic heterocycles. The van der Waals surface area contributed by atoms with Crippen molar-refractivity contribution in [2.45, 2.75) is 46.0 Å². The van der Waals surface area contributed by atoms with Crippen molar-refractivity contribution in [1.82, 2.24) is 0 Å². The van der Waals surface area contributed by atoms with Gasteiger partial charge in [0.2, 0.25) is 0 Å². The highest BCUT2D eigenvalue weighted by molar-refractivity contribution is 5.75. The molecule has 1 atom stereocenters. The SMILES string of the molecule is CC(C)c1cccc2c1CCC(C)(C(=O)O)C2.